The Morgan fingerprint density at radius 2 is 2.00 bits per heavy atom. The Hall–Kier alpha value is -3.08. The molecule has 1 atom stereocenters. The van der Waals surface area contributed by atoms with Crippen LogP contribution in [0.15, 0.2) is 60.9 Å². The quantitative estimate of drug-likeness (QED) is 0.779. The van der Waals surface area contributed by atoms with Crippen LogP contribution in [0.1, 0.15) is 33.4 Å². The molecule has 1 heterocycles. The highest BCUT2D eigenvalue weighted by Crippen LogP contribution is 2.25. The highest BCUT2D eigenvalue weighted by molar-refractivity contribution is 5.96. The Labute approximate surface area is 147 Å². The molecule has 0 saturated heterocycles. The van der Waals surface area contributed by atoms with E-state index in [0.29, 0.717) is 5.56 Å². The molecular formula is C20H21N3O2. The van der Waals surface area contributed by atoms with Gasteiger partial charge in [0.2, 0.25) is 0 Å². The predicted molar refractivity (Wildman–Crippen MR) is 96.7 cm³/mol. The summed E-state index contributed by atoms with van der Waals surface area (Å²) >= 11 is 0. The minimum atomic E-state index is -0.373. The molecule has 0 saturated carbocycles. The van der Waals surface area contributed by atoms with Gasteiger partial charge in [0.15, 0.2) is 0 Å². The maximum atomic E-state index is 12.8. The number of methoxy groups -OCH3 is 1. The number of nitrogens with one attached hydrogen (secondary N) is 1. The van der Waals surface area contributed by atoms with Crippen LogP contribution >= 0.6 is 0 Å². The lowest BCUT2D eigenvalue weighted by Gasteiger charge is -2.20. The molecule has 1 amide bonds. The van der Waals surface area contributed by atoms with Crippen LogP contribution in [0.5, 0.6) is 5.75 Å². The van der Waals surface area contributed by atoms with Gasteiger partial charge in [-0.3, -0.25) is 4.79 Å². The van der Waals surface area contributed by atoms with Crippen LogP contribution in [0.25, 0.3) is 0 Å². The molecular weight excluding hydrogens is 314 g/mol. The van der Waals surface area contributed by atoms with Crippen molar-refractivity contribution in [2.75, 3.05) is 7.11 Å². The van der Waals surface area contributed by atoms with E-state index < -0.39 is 0 Å². The average Bonchev–Trinajstić information content (AvgIpc) is 3.05. The molecule has 0 spiro atoms. The van der Waals surface area contributed by atoms with Crippen LogP contribution in [0.4, 0.5) is 0 Å². The Kier molecular flexibility index (Phi) is 4.84. The number of aryl methyl sites for hydroxylation is 2. The molecule has 3 rings (SSSR count). The lowest BCUT2D eigenvalue weighted by molar-refractivity contribution is 0.0940. The number of nitrogens with zero attached hydrogens (tertiary/aromatic N) is 2. The Morgan fingerprint density at radius 3 is 2.68 bits per heavy atom. The van der Waals surface area contributed by atoms with Gasteiger partial charge in [-0.05, 0) is 36.2 Å². The van der Waals surface area contributed by atoms with Gasteiger partial charge in [-0.2, -0.15) is 0 Å². The van der Waals surface area contributed by atoms with E-state index in [1.165, 1.54) is 0 Å². The first-order valence-corrected chi connectivity index (χ1v) is 8.08. The maximum absolute atomic E-state index is 12.8. The van der Waals surface area contributed by atoms with E-state index in [9.17, 15) is 4.79 Å². The molecule has 2 aromatic carbocycles. The SMILES string of the molecule is COc1cccc(C(NC(=O)c2ccccc2C)c2nccn2C)c1. The summed E-state index contributed by atoms with van der Waals surface area (Å²) in [6.45, 7) is 1.93. The summed E-state index contributed by atoms with van der Waals surface area (Å²) in [5.41, 5.74) is 2.50. The number of benzene rings is 2. The summed E-state index contributed by atoms with van der Waals surface area (Å²) in [6.07, 6.45) is 3.59. The number of amides is 1. The smallest absolute Gasteiger partial charge is 0.252 e. The summed E-state index contributed by atoms with van der Waals surface area (Å²) in [7, 11) is 3.54. The highest BCUT2D eigenvalue weighted by atomic mass is 16.5. The maximum Gasteiger partial charge on any atom is 0.252 e. The van der Waals surface area contributed by atoms with Crippen molar-refractivity contribution >= 4 is 5.91 Å². The van der Waals surface area contributed by atoms with Crippen LogP contribution in [0.2, 0.25) is 0 Å². The van der Waals surface area contributed by atoms with Crippen molar-refractivity contribution in [2.24, 2.45) is 7.05 Å². The first-order chi connectivity index (χ1) is 12.1. The summed E-state index contributed by atoms with van der Waals surface area (Å²) in [5, 5.41) is 3.11. The van der Waals surface area contributed by atoms with Crippen molar-refractivity contribution in [2.45, 2.75) is 13.0 Å². The van der Waals surface area contributed by atoms with Gasteiger partial charge in [0, 0.05) is 25.0 Å². The molecule has 0 fully saturated rings. The summed E-state index contributed by atoms with van der Waals surface area (Å²) in [5.74, 6) is 1.37. The van der Waals surface area contributed by atoms with Gasteiger partial charge in [0.1, 0.15) is 17.6 Å². The molecule has 0 radical (unpaired) electrons. The lowest BCUT2D eigenvalue weighted by atomic mass is 10.0. The molecule has 25 heavy (non-hydrogen) atoms. The second-order valence-electron chi connectivity index (χ2n) is 5.89. The molecule has 1 unspecified atom stereocenters. The number of carbonyl (C=O) groups excluding carboxylic acids is 1. The van der Waals surface area contributed by atoms with Crippen LogP contribution in [0.3, 0.4) is 0 Å². The topological polar surface area (TPSA) is 56.1 Å². The van der Waals surface area contributed by atoms with Crippen molar-refractivity contribution in [1.82, 2.24) is 14.9 Å². The third-order valence-electron chi connectivity index (χ3n) is 4.21. The normalized spacial score (nSPS) is 11.8. The van der Waals surface area contributed by atoms with E-state index in [0.717, 1.165) is 22.7 Å². The van der Waals surface area contributed by atoms with Crippen molar-refractivity contribution in [3.63, 3.8) is 0 Å². The number of hydrogen-bond acceptors (Lipinski definition) is 3. The summed E-state index contributed by atoms with van der Waals surface area (Å²) in [4.78, 5) is 17.3. The molecule has 128 valence electrons. The standard InChI is InChI=1S/C20H21N3O2/c1-14-7-4-5-10-17(14)20(24)22-18(19-21-11-12-23(19)2)15-8-6-9-16(13-15)25-3/h4-13,18H,1-3H3,(H,22,24). The minimum absolute atomic E-state index is 0.131. The number of carbonyl (C=O) groups is 1. The minimum Gasteiger partial charge on any atom is -0.497 e. The van der Waals surface area contributed by atoms with Crippen molar-refractivity contribution in [3.8, 4) is 5.75 Å². The van der Waals surface area contributed by atoms with Gasteiger partial charge in [0.05, 0.1) is 7.11 Å². The number of rotatable bonds is 5. The van der Waals surface area contributed by atoms with Crippen molar-refractivity contribution < 1.29 is 9.53 Å². The number of imidazole rings is 1. The Bertz CT molecular complexity index is 886. The van der Waals surface area contributed by atoms with Crippen LogP contribution in [0, 0.1) is 6.92 Å². The zero-order valence-electron chi connectivity index (χ0n) is 14.6. The van der Waals surface area contributed by atoms with E-state index in [-0.39, 0.29) is 11.9 Å². The van der Waals surface area contributed by atoms with E-state index in [4.69, 9.17) is 4.74 Å². The molecule has 0 aliphatic carbocycles. The van der Waals surface area contributed by atoms with Gasteiger partial charge in [-0.25, -0.2) is 4.98 Å². The average molecular weight is 335 g/mol. The second kappa shape index (κ2) is 7.21. The fourth-order valence-electron chi connectivity index (χ4n) is 2.81. The number of ether oxygens (including phenoxy) is 1. The monoisotopic (exact) mass is 335 g/mol. The van der Waals surface area contributed by atoms with Gasteiger partial charge in [0.25, 0.3) is 5.91 Å². The second-order valence-corrected chi connectivity index (χ2v) is 5.89. The van der Waals surface area contributed by atoms with Gasteiger partial charge >= 0.3 is 0 Å². The fraction of sp³-hybridized carbons (Fsp3) is 0.200. The van der Waals surface area contributed by atoms with Gasteiger partial charge in [-0.15, -0.1) is 0 Å². The van der Waals surface area contributed by atoms with Crippen LogP contribution < -0.4 is 10.1 Å². The molecule has 1 N–H and O–H groups in total. The van der Waals surface area contributed by atoms with Crippen LogP contribution in [-0.4, -0.2) is 22.6 Å². The zero-order valence-corrected chi connectivity index (χ0v) is 14.6. The molecule has 5 heteroatoms. The summed E-state index contributed by atoms with van der Waals surface area (Å²) < 4.78 is 7.23. The third kappa shape index (κ3) is 3.55. The predicted octanol–water partition coefficient (Wildman–Crippen LogP) is 3.26. The molecule has 0 bridgehead atoms. The summed E-state index contributed by atoms with van der Waals surface area (Å²) in [6, 6.07) is 14.8. The molecule has 0 aliphatic heterocycles. The van der Waals surface area contributed by atoms with Crippen LogP contribution in [-0.2, 0) is 7.05 Å². The highest BCUT2D eigenvalue weighted by Gasteiger charge is 2.22. The van der Waals surface area contributed by atoms with E-state index in [1.54, 1.807) is 13.3 Å². The molecule has 5 nitrogen and oxygen atoms in total. The zero-order chi connectivity index (χ0) is 17.8. The number of hydrogen-bond donors (Lipinski definition) is 1. The Morgan fingerprint density at radius 1 is 1.20 bits per heavy atom. The molecule has 1 aromatic heterocycles. The molecule has 0 aliphatic rings. The van der Waals surface area contributed by atoms with E-state index >= 15 is 0 Å². The lowest BCUT2D eigenvalue weighted by Crippen LogP contribution is -2.31. The van der Waals surface area contributed by atoms with Gasteiger partial charge < -0.3 is 14.6 Å². The third-order valence-corrected chi connectivity index (χ3v) is 4.21. The van der Waals surface area contributed by atoms with Gasteiger partial charge in [-0.1, -0.05) is 30.3 Å². The van der Waals surface area contributed by atoms with E-state index in [2.05, 4.69) is 10.3 Å². The Balaban J connectivity index is 1.99. The van der Waals surface area contributed by atoms with Crippen molar-refractivity contribution in [3.05, 3.63) is 83.4 Å². The first kappa shape index (κ1) is 16.8. The first-order valence-electron chi connectivity index (χ1n) is 8.08. The molecule has 3 aromatic rings. The fourth-order valence-corrected chi connectivity index (χ4v) is 2.81. The van der Waals surface area contributed by atoms with E-state index in [1.807, 2.05) is 73.3 Å². The largest absolute Gasteiger partial charge is 0.497 e. The van der Waals surface area contributed by atoms with Crippen molar-refractivity contribution in [1.29, 1.82) is 0 Å². The number of aromatic nitrogens is 2.